The van der Waals surface area contributed by atoms with Crippen molar-refractivity contribution in [2.75, 3.05) is 0 Å². The lowest BCUT2D eigenvalue weighted by molar-refractivity contribution is 0.640. The van der Waals surface area contributed by atoms with E-state index >= 15 is 0 Å². The molecule has 1 atom stereocenters. The van der Waals surface area contributed by atoms with Gasteiger partial charge in [-0.25, -0.2) is 9.67 Å². The molecule has 3 rings (SSSR count). The first-order valence-electron chi connectivity index (χ1n) is 6.24. The summed E-state index contributed by atoms with van der Waals surface area (Å²) in [6.45, 7) is 2.47. The van der Waals surface area contributed by atoms with Gasteiger partial charge in [0.1, 0.15) is 5.01 Å². The zero-order chi connectivity index (χ0) is 13.9. The molecule has 0 bridgehead atoms. The predicted molar refractivity (Wildman–Crippen MR) is 77.1 cm³/mol. The van der Waals surface area contributed by atoms with Crippen molar-refractivity contribution < 1.29 is 0 Å². The highest BCUT2D eigenvalue weighted by Crippen LogP contribution is 2.21. The molecule has 102 valence electrons. The van der Waals surface area contributed by atoms with Crippen LogP contribution in [0.3, 0.4) is 0 Å². The van der Waals surface area contributed by atoms with Crippen molar-refractivity contribution in [3.05, 3.63) is 47.4 Å². The lowest BCUT2D eigenvalue weighted by atomic mass is 10.3. The normalized spacial score (nSPS) is 12.5. The highest BCUT2D eigenvalue weighted by Gasteiger charge is 2.09. The molecule has 0 amide bonds. The molecule has 2 N–H and O–H groups in total. The fourth-order valence-electron chi connectivity index (χ4n) is 1.75. The molecular weight excluding hydrogens is 272 g/mol. The number of thiazole rings is 1. The van der Waals surface area contributed by atoms with Gasteiger partial charge in [-0.15, -0.1) is 16.4 Å². The highest BCUT2D eigenvalue weighted by atomic mass is 32.1. The van der Waals surface area contributed by atoms with Crippen LogP contribution in [-0.4, -0.2) is 25.0 Å². The lowest BCUT2D eigenvalue weighted by Gasteiger charge is -1.97. The minimum Gasteiger partial charge on any atom is -0.323 e. The van der Waals surface area contributed by atoms with Crippen LogP contribution in [0, 0.1) is 0 Å². The maximum Gasteiger partial charge on any atom is 0.142 e. The first-order valence-corrected chi connectivity index (χ1v) is 7.12. The van der Waals surface area contributed by atoms with Gasteiger partial charge in [0.15, 0.2) is 0 Å². The second-order valence-corrected chi connectivity index (χ2v) is 5.35. The summed E-state index contributed by atoms with van der Waals surface area (Å²) >= 11 is 1.58. The molecule has 0 saturated carbocycles. The third-order valence-corrected chi connectivity index (χ3v) is 3.70. The first-order chi connectivity index (χ1) is 9.72. The maximum atomic E-state index is 5.76. The molecule has 0 aliphatic rings. The molecule has 3 heterocycles. The van der Waals surface area contributed by atoms with Crippen molar-refractivity contribution >= 4 is 11.3 Å². The van der Waals surface area contributed by atoms with Gasteiger partial charge in [-0.1, -0.05) is 11.3 Å². The van der Waals surface area contributed by atoms with Crippen LogP contribution in [0.25, 0.3) is 10.7 Å². The lowest BCUT2D eigenvalue weighted by Crippen LogP contribution is -2.05. The zero-order valence-electron chi connectivity index (χ0n) is 11.0. The maximum absolute atomic E-state index is 5.76. The van der Waals surface area contributed by atoms with Crippen molar-refractivity contribution in [2.24, 2.45) is 5.73 Å². The van der Waals surface area contributed by atoms with Crippen LogP contribution in [0.4, 0.5) is 0 Å². The fraction of sp³-hybridized carbons (Fsp3) is 0.231. The molecular formula is C13H14N6S. The summed E-state index contributed by atoms with van der Waals surface area (Å²) in [6.07, 6.45) is 3.62. The standard InChI is InChI=1S/C13H14N6S/c1-9(14)12-7-19(18-17-12)6-10-8-20-13(16-10)11-4-2-3-5-15-11/h2-5,7-9H,6,14H2,1H3. The summed E-state index contributed by atoms with van der Waals surface area (Å²) in [5.74, 6) is 0. The van der Waals surface area contributed by atoms with Crippen LogP contribution >= 0.6 is 11.3 Å². The minimum absolute atomic E-state index is 0.108. The Bertz CT molecular complexity index is 688. The van der Waals surface area contributed by atoms with Crippen LogP contribution < -0.4 is 5.73 Å². The quantitative estimate of drug-likeness (QED) is 0.791. The van der Waals surface area contributed by atoms with E-state index in [2.05, 4.69) is 20.3 Å². The van der Waals surface area contributed by atoms with Gasteiger partial charge in [0, 0.05) is 17.6 Å². The van der Waals surface area contributed by atoms with Crippen LogP contribution in [0.5, 0.6) is 0 Å². The van der Waals surface area contributed by atoms with Crippen LogP contribution in [0.15, 0.2) is 36.0 Å². The van der Waals surface area contributed by atoms with E-state index in [1.54, 1.807) is 22.2 Å². The van der Waals surface area contributed by atoms with E-state index in [1.165, 1.54) is 0 Å². The molecule has 3 aromatic heterocycles. The highest BCUT2D eigenvalue weighted by molar-refractivity contribution is 7.13. The molecule has 7 heteroatoms. The molecule has 0 saturated heterocycles. The second-order valence-electron chi connectivity index (χ2n) is 4.49. The largest absolute Gasteiger partial charge is 0.323 e. The summed E-state index contributed by atoms with van der Waals surface area (Å²) in [5.41, 5.74) is 8.37. The van der Waals surface area contributed by atoms with Crippen molar-refractivity contribution in [3.8, 4) is 10.7 Å². The molecule has 0 radical (unpaired) electrons. The summed E-state index contributed by atoms with van der Waals surface area (Å²) < 4.78 is 1.75. The van der Waals surface area contributed by atoms with E-state index in [1.807, 2.05) is 36.7 Å². The molecule has 3 aromatic rings. The van der Waals surface area contributed by atoms with Gasteiger partial charge in [0.25, 0.3) is 0 Å². The van der Waals surface area contributed by atoms with Gasteiger partial charge in [-0.3, -0.25) is 4.98 Å². The minimum atomic E-state index is -0.108. The van der Waals surface area contributed by atoms with E-state index in [4.69, 9.17) is 5.73 Å². The molecule has 0 aliphatic heterocycles. The van der Waals surface area contributed by atoms with E-state index in [0.717, 1.165) is 22.1 Å². The molecule has 0 aromatic carbocycles. The Labute approximate surface area is 120 Å². The van der Waals surface area contributed by atoms with Crippen molar-refractivity contribution in [1.29, 1.82) is 0 Å². The van der Waals surface area contributed by atoms with Crippen LogP contribution in [0.1, 0.15) is 24.4 Å². The fourth-order valence-corrected chi connectivity index (χ4v) is 2.54. The number of nitrogens with zero attached hydrogens (tertiary/aromatic N) is 5. The Morgan fingerprint density at radius 1 is 1.40 bits per heavy atom. The molecule has 20 heavy (non-hydrogen) atoms. The van der Waals surface area contributed by atoms with E-state index in [9.17, 15) is 0 Å². The van der Waals surface area contributed by atoms with Gasteiger partial charge in [-0.05, 0) is 19.1 Å². The predicted octanol–water partition coefficient (Wildman–Crippen LogP) is 1.86. The molecule has 0 spiro atoms. The van der Waals surface area contributed by atoms with Gasteiger partial charge in [0.2, 0.25) is 0 Å². The van der Waals surface area contributed by atoms with Crippen LogP contribution in [0.2, 0.25) is 0 Å². The summed E-state index contributed by atoms with van der Waals surface area (Å²) in [5, 5.41) is 11.0. The summed E-state index contributed by atoms with van der Waals surface area (Å²) in [6, 6.07) is 5.69. The van der Waals surface area contributed by atoms with Crippen molar-refractivity contribution in [2.45, 2.75) is 19.5 Å². The topological polar surface area (TPSA) is 82.5 Å². The van der Waals surface area contributed by atoms with E-state index in [-0.39, 0.29) is 6.04 Å². The monoisotopic (exact) mass is 286 g/mol. The first kappa shape index (κ1) is 12.9. The second kappa shape index (κ2) is 5.48. The summed E-state index contributed by atoms with van der Waals surface area (Å²) in [4.78, 5) is 8.86. The average Bonchev–Trinajstić information content (AvgIpc) is 3.10. The third kappa shape index (κ3) is 2.73. The van der Waals surface area contributed by atoms with E-state index < -0.39 is 0 Å². The number of aromatic nitrogens is 5. The molecule has 0 fully saturated rings. The Hall–Kier alpha value is -2.12. The van der Waals surface area contributed by atoms with Crippen molar-refractivity contribution in [3.63, 3.8) is 0 Å². The average molecular weight is 286 g/mol. The van der Waals surface area contributed by atoms with Gasteiger partial charge in [-0.2, -0.15) is 0 Å². The molecule has 0 aliphatic carbocycles. The van der Waals surface area contributed by atoms with Gasteiger partial charge in [0.05, 0.1) is 29.8 Å². The number of hydrogen-bond acceptors (Lipinski definition) is 6. The number of rotatable bonds is 4. The number of hydrogen-bond donors (Lipinski definition) is 1. The SMILES string of the molecule is CC(N)c1cn(Cc2csc(-c3ccccn3)n2)nn1. The number of pyridine rings is 1. The summed E-state index contributed by atoms with van der Waals surface area (Å²) in [7, 11) is 0. The van der Waals surface area contributed by atoms with Crippen LogP contribution in [-0.2, 0) is 6.54 Å². The third-order valence-electron chi connectivity index (χ3n) is 2.78. The Morgan fingerprint density at radius 3 is 3.00 bits per heavy atom. The Balaban J connectivity index is 1.77. The van der Waals surface area contributed by atoms with E-state index in [0.29, 0.717) is 6.54 Å². The van der Waals surface area contributed by atoms with Crippen molar-refractivity contribution in [1.82, 2.24) is 25.0 Å². The smallest absolute Gasteiger partial charge is 0.142 e. The molecule has 6 nitrogen and oxygen atoms in total. The Kier molecular flexibility index (Phi) is 3.53. The number of nitrogens with two attached hydrogens (primary N) is 1. The Morgan fingerprint density at radius 2 is 2.30 bits per heavy atom. The molecule has 1 unspecified atom stereocenters. The van der Waals surface area contributed by atoms with Gasteiger partial charge < -0.3 is 5.73 Å². The van der Waals surface area contributed by atoms with Gasteiger partial charge >= 0.3 is 0 Å². The zero-order valence-corrected chi connectivity index (χ0v) is 11.8.